The minimum absolute atomic E-state index is 0.234. The van der Waals surface area contributed by atoms with Crippen molar-refractivity contribution in [3.05, 3.63) is 41.1 Å². The van der Waals surface area contributed by atoms with Crippen LogP contribution in [0.5, 0.6) is 0 Å². The molecule has 1 N–H and O–H groups in total. The number of H-pyrrole nitrogens is 1. The van der Waals surface area contributed by atoms with Crippen LogP contribution in [0, 0.1) is 0 Å². The zero-order valence-corrected chi connectivity index (χ0v) is 13.4. The Morgan fingerprint density at radius 3 is 2.88 bits per heavy atom. The molecular formula is C16H16N6O2. The largest absolute Gasteiger partial charge is 0.461 e. The average molecular weight is 324 g/mol. The van der Waals surface area contributed by atoms with Crippen molar-refractivity contribution < 1.29 is 4.42 Å². The Labute approximate surface area is 136 Å². The number of hydrogen-bond donors (Lipinski definition) is 1. The first-order valence-electron chi connectivity index (χ1n) is 7.71. The molecule has 4 rings (SSSR count). The summed E-state index contributed by atoms with van der Waals surface area (Å²) in [5.41, 5.74) is 1.48. The highest BCUT2D eigenvalue weighted by Gasteiger charge is 2.19. The van der Waals surface area contributed by atoms with E-state index in [1.54, 1.807) is 23.0 Å². The first kappa shape index (κ1) is 14.4. The van der Waals surface area contributed by atoms with Crippen LogP contribution in [0.3, 0.4) is 0 Å². The van der Waals surface area contributed by atoms with Gasteiger partial charge in [0.25, 0.3) is 5.56 Å². The topological polar surface area (TPSA) is 94.5 Å². The highest BCUT2D eigenvalue weighted by Crippen LogP contribution is 2.23. The summed E-state index contributed by atoms with van der Waals surface area (Å²) in [6.45, 7) is 2.73. The van der Waals surface area contributed by atoms with Gasteiger partial charge in [0.15, 0.2) is 22.7 Å². The maximum Gasteiger partial charge on any atom is 0.277 e. The lowest BCUT2D eigenvalue weighted by molar-refractivity contribution is 0.577. The van der Waals surface area contributed by atoms with E-state index in [2.05, 4.69) is 27.0 Å². The smallest absolute Gasteiger partial charge is 0.277 e. The predicted octanol–water partition coefficient (Wildman–Crippen LogP) is 2.19. The molecule has 0 bridgehead atoms. The van der Waals surface area contributed by atoms with E-state index < -0.39 is 0 Å². The van der Waals surface area contributed by atoms with Crippen LogP contribution in [0.2, 0.25) is 0 Å². The minimum Gasteiger partial charge on any atom is -0.461 e. The van der Waals surface area contributed by atoms with E-state index in [4.69, 9.17) is 4.42 Å². The average Bonchev–Trinajstić information content (AvgIpc) is 3.27. The molecule has 4 heterocycles. The Morgan fingerprint density at radius 1 is 1.33 bits per heavy atom. The van der Waals surface area contributed by atoms with Gasteiger partial charge in [-0.05, 0) is 18.6 Å². The third kappa shape index (κ3) is 2.23. The van der Waals surface area contributed by atoms with Gasteiger partial charge in [-0.2, -0.15) is 5.10 Å². The van der Waals surface area contributed by atoms with Gasteiger partial charge in [-0.15, -0.1) is 0 Å². The van der Waals surface area contributed by atoms with Crippen LogP contribution in [0.15, 0.2) is 40.0 Å². The van der Waals surface area contributed by atoms with Crippen LogP contribution >= 0.6 is 0 Å². The molecule has 0 saturated carbocycles. The maximum atomic E-state index is 12.6. The molecule has 0 unspecified atom stereocenters. The van der Waals surface area contributed by atoms with E-state index in [1.165, 1.54) is 6.26 Å². The first-order chi connectivity index (χ1) is 11.7. The van der Waals surface area contributed by atoms with Crippen LogP contribution in [-0.4, -0.2) is 29.3 Å². The van der Waals surface area contributed by atoms with Crippen molar-refractivity contribution in [3.8, 4) is 23.0 Å². The highest BCUT2D eigenvalue weighted by atomic mass is 16.3. The SMILES string of the molecule is CCCn1c(-c2cnn(C)c2)nc2nc(-c3ccco3)[nH]c(=O)c21. The number of imidazole rings is 1. The van der Waals surface area contributed by atoms with Gasteiger partial charge in [0.2, 0.25) is 0 Å². The fourth-order valence-corrected chi connectivity index (χ4v) is 2.77. The molecule has 8 heteroatoms. The Balaban J connectivity index is 1.98. The Hall–Kier alpha value is -3.16. The van der Waals surface area contributed by atoms with Crippen molar-refractivity contribution in [2.45, 2.75) is 19.9 Å². The second-order valence-corrected chi connectivity index (χ2v) is 5.55. The summed E-state index contributed by atoms with van der Waals surface area (Å²) in [5, 5.41) is 4.19. The number of fused-ring (bicyclic) bond motifs is 1. The summed E-state index contributed by atoms with van der Waals surface area (Å²) in [4.78, 5) is 24.4. The summed E-state index contributed by atoms with van der Waals surface area (Å²) in [6, 6.07) is 3.49. The van der Waals surface area contributed by atoms with Crippen LogP contribution in [0.1, 0.15) is 13.3 Å². The van der Waals surface area contributed by atoms with Crippen LogP contribution in [0.25, 0.3) is 34.1 Å². The molecule has 24 heavy (non-hydrogen) atoms. The zero-order valence-electron chi connectivity index (χ0n) is 13.4. The molecule has 8 nitrogen and oxygen atoms in total. The second-order valence-electron chi connectivity index (χ2n) is 5.55. The van der Waals surface area contributed by atoms with Crippen molar-refractivity contribution in [2.24, 2.45) is 7.05 Å². The standard InChI is InChI=1S/C16H16N6O2/c1-3-6-22-12-14(19-15(22)10-8-17-21(2)9-10)18-13(20-16(12)23)11-5-4-7-24-11/h4-5,7-9H,3,6H2,1-2H3,(H,18,20,23). The number of nitrogens with zero attached hydrogens (tertiary/aromatic N) is 5. The van der Waals surface area contributed by atoms with Gasteiger partial charge in [0.05, 0.1) is 18.0 Å². The molecule has 0 saturated heterocycles. The van der Waals surface area contributed by atoms with Gasteiger partial charge in [-0.1, -0.05) is 6.92 Å². The van der Waals surface area contributed by atoms with Crippen molar-refractivity contribution >= 4 is 11.2 Å². The minimum atomic E-state index is -0.234. The van der Waals surface area contributed by atoms with E-state index in [1.807, 2.05) is 17.8 Å². The van der Waals surface area contributed by atoms with Gasteiger partial charge >= 0.3 is 0 Å². The molecule has 0 fully saturated rings. The molecule has 0 aliphatic carbocycles. The van der Waals surface area contributed by atoms with Gasteiger partial charge in [-0.3, -0.25) is 9.48 Å². The van der Waals surface area contributed by atoms with E-state index >= 15 is 0 Å². The van der Waals surface area contributed by atoms with Crippen molar-refractivity contribution in [1.82, 2.24) is 29.3 Å². The van der Waals surface area contributed by atoms with Crippen molar-refractivity contribution in [3.63, 3.8) is 0 Å². The maximum absolute atomic E-state index is 12.6. The highest BCUT2D eigenvalue weighted by molar-refractivity contribution is 5.77. The van der Waals surface area contributed by atoms with E-state index in [-0.39, 0.29) is 5.56 Å². The van der Waals surface area contributed by atoms with Crippen molar-refractivity contribution in [2.75, 3.05) is 0 Å². The fraction of sp³-hybridized carbons (Fsp3) is 0.250. The number of aryl methyl sites for hydroxylation is 2. The number of aromatic amines is 1. The van der Waals surface area contributed by atoms with Crippen LogP contribution in [-0.2, 0) is 13.6 Å². The second kappa shape index (κ2) is 5.48. The molecule has 0 atom stereocenters. The Morgan fingerprint density at radius 2 is 2.21 bits per heavy atom. The molecule has 0 spiro atoms. The number of furan rings is 1. The third-order valence-corrected chi connectivity index (χ3v) is 3.78. The Bertz CT molecular complexity index is 1050. The molecule has 4 aromatic heterocycles. The number of hydrogen-bond acceptors (Lipinski definition) is 5. The number of rotatable bonds is 4. The summed E-state index contributed by atoms with van der Waals surface area (Å²) < 4.78 is 8.91. The third-order valence-electron chi connectivity index (χ3n) is 3.78. The van der Waals surface area contributed by atoms with E-state index in [0.717, 1.165) is 12.0 Å². The van der Waals surface area contributed by atoms with Gasteiger partial charge < -0.3 is 14.0 Å². The fourth-order valence-electron chi connectivity index (χ4n) is 2.77. The number of aromatic nitrogens is 6. The molecule has 0 aliphatic heterocycles. The first-order valence-corrected chi connectivity index (χ1v) is 7.71. The predicted molar refractivity (Wildman–Crippen MR) is 88.3 cm³/mol. The number of nitrogens with one attached hydrogen (secondary N) is 1. The van der Waals surface area contributed by atoms with Crippen LogP contribution < -0.4 is 5.56 Å². The summed E-state index contributed by atoms with van der Waals surface area (Å²) in [5.74, 6) is 1.56. The van der Waals surface area contributed by atoms with E-state index in [0.29, 0.717) is 35.1 Å². The quantitative estimate of drug-likeness (QED) is 0.621. The lowest BCUT2D eigenvalue weighted by Crippen LogP contribution is -2.13. The molecule has 4 aromatic rings. The Kier molecular flexibility index (Phi) is 3.30. The summed E-state index contributed by atoms with van der Waals surface area (Å²) >= 11 is 0. The molecular weight excluding hydrogens is 308 g/mol. The molecule has 0 radical (unpaired) electrons. The van der Waals surface area contributed by atoms with E-state index in [9.17, 15) is 4.79 Å². The normalized spacial score (nSPS) is 11.4. The lowest BCUT2D eigenvalue weighted by Gasteiger charge is -2.05. The molecule has 0 aromatic carbocycles. The van der Waals surface area contributed by atoms with Gasteiger partial charge in [0.1, 0.15) is 5.82 Å². The zero-order chi connectivity index (χ0) is 16.7. The lowest BCUT2D eigenvalue weighted by atomic mass is 10.3. The summed E-state index contributed by atoms with van der Waals surface area (Å²) in [6.07, 6.45) is 6.01. The van der Waals surface area contributed by atoms with Gasteiger partial charge in [-0.25, -0.2) is 9.97 Å². The van der Waals surface area contributed by atoms with Crippen LogP contribution in [0.4, 0.5) is 0 Å². The van der Waals surface area contributed by atoms with Crippen molar-refractivity contribution in [1.29, 1.82) is 0 Å². The summed E-state index contributed by atoms with van der Waals surface area (Å²) in [7, 11) is 1.84. The molecule has 0 amide bonds. The molecule has 122 valence electrons. The van der Waals surface area contributed by atoms with Gasteiger partial charge in [0, 0.05) is 19.8 Å². The molecule has 0 aliphatic rings. The monoisotopic (exact) mass is 324 g/mol.